The van der Waals surface area contributed by atoms with Crippen molar-refractivity contribution in [1.29, 1.82) is 0 Å². The predicted molar refractivity (Wildman–Crippen MR) is 80.6 cm³/mol. The molecule has 1 aromatic heterocycles. The Morgan fingerprint density at radius 3 is 2.95 bits per heavy atom. The lowest BCUT2D eigenvalue weighted by Crippen LogP contribution is -2.50. The van der Waals surface area contributed by atoms with Gasteiger partial charge in [0, 0.05) is 24.8 Å². The fourth-order valence-corrected chi connectivity index (χ4v) is 2.34. The van der Waals surface area contributed by atoms with Crippen molar-refractivity contribution in [3.63, 3.8) is 0 Å². The van der Waals surface area contributed by atoms with Gasteiger partial charge in [0.25, 0.3) is 5.91 Å². The molecule has 1 saturated heterocycles. The van der Waals surface area contributed by atoms with E-state index >= 15 is 0 Å². The summed E-state index contributed by atoms with van der Waals surface area (Å²) in [6, 6.07) is 3.30. The first-order valence-corrected chi connectivity index (χ1v) is 7.26. The SMILES string of the molecule is CNc1cc(C(=O)N2CCOCC2CO)cc(C(C)C)n1. The molecule has 0 bridgehead atoms. The fourth-order valence-electron chi connectivity index (χ4n) is 2.34. The molecule has 1 amide bonds. The van der Waals surface area contributed by atoms with Crippen LogP contribution in [-0.4, -0.2) is 60.4 Å². The van der Waals surface area contributed by atoms with E-state index in [1.165, 1.54) is 0 Å². The summed E-state index contributed by atoms with van der Waals surface area (Å²) in [6.45, 7) is 5.38. The number of amides is 1. The highest BCUT2D eigenvalue weighted by molar-refractivity contribution is 5.95. The fraction of sp³-hybridized carbons (Fsp3) is 0.600. The summed E-state index contributed by atoms with van der Waals surface area (Å²) in [5.74, 6) is 0.833. The van der Waals surface area contributed by atoms with Gasteiger partial charge in [-0.05, 0) is 18.1 Å². The van der Waals surface area contributed by atoms with E-state index in [0.717, 1.165) is 5.69 Å². The van der Waals surface area contributed by atoms with Gasteiger partial charge in [0.15, 0.2) is 0 Å². The summed E-state index contributed by atoms with van der Waals surface area (Å²) in [7, 11) is 1.78. The lowest BCUT2D eigenvalue weighted by Gasteiger charge is -2.34. The Morgan fingerprint density at radius 2 is 2.33 bits per heavy atom. The van der Waals surface area contributed by atoms with Crippen molar-refractivity contribution in [2.45, 2.75) is 25.8 Å². The molecule has 1 aliphatic rings. The van der Waals surface area contributed by atoms with E-state index in [9.17, 15) is 9.90 Å². The molecule has 1 fully saturated rings. The van der Waals surface area contributed by atoms with E-state index in [2.05, 4.69) is 10.3 Å². The molecule has 0 aromatic carbocycles. The third-order valence-corrected chi connectivity index (χ3v) is 3.64. The van der Waals surface area contributed by atoms with Gasteiger partial charge in [-0.1, -0.05) is 13.8 Å². The van der Waals surface area contributed by atoms with Crippen LogP contribution in [0.5, 0.6) is 0 Å². The second-order valence-corrected chi connectivity index (χ2v) is 5.48. The summed E-state index contributed by atoms with van der Waals surface area (Å²) in [6.07, 6.45) is 0. The minimum absolute atomic E-state index is 0.0850. The summed E-state index contributed by atoms with van der Waals surface area (Å²) >= 11 is 0. The zero-order valence-corrected chi connectivity index (χ0v) is 12.8. The number of hydrogen-bond donors (Lipinski definition) is 2. The van der Waals surface area contributed by atoms with E-state index in [-0.39, 0.29) is 24.5 Å². The third kappa shape index (κ3) is 3.51. The van der Waals surface area contributed by atoms with Crippen molar-refractivity contribution in [2.24, 2.45) is 0 Å². The molecular weight excluding hydrogens is 270 g/mol. The number of ether oxygens (including phenoxy) is 1. The lowest BCUT2D eigenvalue weighted by atomic mass is 10.1. The molecule has 1 atom stereocenters. The summed E-state index contributed by atoms with van der Waals surface area (Å²) < 4.78 is 5.32. The van der Waals surface area contributed by atoms with Crippen LogP contribution in [0.15, 0.2) is 12.1 Å². The van der Waals surface area contributed by atoms with Crippen LogP contribution in [0, 0.1) is 0 Å². The van der Waals surface area contributed by atoms with Gasteiger partial charge >= 0.3 is 0 Å². The predicted octanol–water partition coefficient (Wildman–Crippen LogP) is 1.08. The number of anilines is 1. The van der Waals surface area contributed by atoms with Gasteiger partial charge in [-0.25, -0.2) is 4.98 Å². The Hall–Kier alpha value is -1.66. The smallest absolute Gasteiger partial charge is 0.254 e. The molecule has 0 spiro atoms. The number of nitrogens with one attached hydrogen (secondary N) is 1. The van der Waals surface area contributed by atoms with Crippen LogP contribution in [-0.2, 0) is 4.74 Å². The molecular formula is C15H23N3O3. The average Bonchev–Trinajstić information content (AvgIpc) is 2.53. The van der Waals surface area contributed by atoms with Crippen LogP contribution in [0.3, 0.4) is 0 Å². The molecule has 6 nitrogen and oxygen atoms in total. The molecule has 0 aliphatic carbocycles. The molecule has 1 unspecified atom stereocenters. The van der Waals surface area contributed by atoms with Gasteiger partial charge in [0.1, 0.15) is 5.82 Å². The van der Waals surface area contributed by atoms with Gasteiger partial charge in [-0.2, -0.15) is 0 Å². The Bertz CT molecular complexity index is 505. The van der Waals surface area contributed by atoms with Crippen LogP contribution < -0.4 is 5.32 Å². The number of carbonyl (C=O) groups is 1. The zero-order valence-electron chi connectivity index (χ0n) is 12.8. The van der Waals surface area contributed by atoms with E-state index in [1.54, 1.807) is 18.0 Å². The van der Waals surface area contributed by atoms with Crippen LogP contribution >= 0.6 is 0 Å². The number of rotatable bonds is 4. The van der Waals surface area contributed by atoms with Crippen LogP contribution in [0.2, 0.25) is 0 Å². The number of aliphatic hydroxyl groups is 1. The lowest BCUT2D eigenvalue weighted by molar-refractivity contribution is -0.0184. The number of hydrogen-bond acceptors (Lipinski definition) is 5. The Kier molecular flexibility index (Phi) is 5.14. The second kappa shape index (κ2) is 6.87. The van der Waals surface area contributed by atoms with Gasteiger partial charge in [-0.15, -0.1) is 0 Å². The number of aliphatic hydroxyl groups excluding tert-OH is 1. The number of morpholine rings is 1. The Labute approximate surface area is 125 Å². The molecule has 116 valence electrons. The summed E-state index contributed by atoms with van der Waals surface area (Å²) in [4.78, 5) is 18.9. The van der Waals surface area contributed by atoms with Crippen LogP contribution in [0.1, 0.15) is 35.8 Å². The number of aromatic nitrogens is 1. The zero-order chi connectivity index (χ0) is 15.4. The van der Waals surface area contributed by atoms with Crippen molar-refractivity contribution in [2.75, 3.05) is 38.7 Å². The van der Waals surface area contributed by atoms with Crippen molar-refractivity contribution in [1.82, 2.24) is 9.88 Å². The summed E-state index contributed by atoms with van der Waals surface area (Å²) in [5, 5.41) is 12.4. The molecule has 0 radical (unpaired) electrons. The highest BCUT2D eigenvalue weighted by atomic mass is 16.5. The van der Waals surface area contributed by atoms with Crippen molar-refractivity contribution < 1.29 is 14.6 Å². The highest BCUT2D eigenvalue weighted by Gasteiger charge is 2.28. The maximum atomic E-state index is 12.7. The maximum absolute atomic E-state index is 12.7. The van der Waals surface area contributed by atoms with Gasteiger partial charge in [-0.3, -0.25) is 4.79 Å². The maximum Gasteiger partial charge on any atom is 0.254 e. The highest BCUT2D eigenvalue weighted by Crippen LogP contribution is 2.20. The second-order valence-electron chi connectivity index (χ2n) is 5.48. The summed E-state index contributed by atoms with van der Waals surface area (Å²) in [5.41, 5.74) is 1.47. The number of carbonyl (C=O) groups excluding carboxylic acids is 1. The molecule has 2 heterocycles. The standard InChI is InChI=1S/C15H23N3O3/c1-10(2)13-6-11(7-14(16-3)17-13)15(20)18-4-5-21-9-12(18)8-19/h6-7,10,12,19H,4-5,8-9H2,1-3H3,(H,16,17). The first-order valence-electron chi connectivity index (χ1n) is 7.26. The molecule has 2 rings (SSSR count). The van der Waals surface area contributed by atoms with Gasteiger partial charge < -0.3 is 20.1 Å². The quantitative estimate of drug-likeness (QED) is 0.869. The minimum atomic E-state index is -0.278. The molecule has 6 heteroatoms. The first-order chi connectivity index (χ1) is 10.1. The van der Waals surface area contributed by atoms with Crippen molar-refractivity contribution >= 4 is 11.7 Å². The van der Waals surface area contributed by atoms with E-state index in [4.69, 9.17) is 4.74 Å². The Morgan fingerprint density at radius 1 is 1.57 bits per heavy atom. The molecule has 21 heavy (non-hydrogen) atoms. The van der Waals surface area contributed by atoms with E-state index in [0.29, 0.717) is 31.1 Å². The minimum Gasteiger partial charge on any atom is -0.394 e. The van der Waals surface area contributed by atoms with E-state index < -0.39 is 0 Å². The van der Waals surface area contributed by atoms with Crippen molar-refractivity contribution in [3.8, 4) is 0 Å². The molecule has 1 aliphatic heterocycles. The van der Waals surface area contributed by atoms with Gasteiger partial charge in [0.2, 0.25) is 0 Å². The number of nitrogens with zero attached hydrogens (tertiary/aromatic N) is 2. The number of pyridine rings is 1. The van der Waals surface area contributed by atoms with Crippen molar-refractivity contribution in [3.05, 3.63) is 23.4 Å². The van der Waals surface area contributed by atoms with Gasteiger partial charge in [0.05, 0.1) is 25.9 Å². The monoisotopic (exact) mass is 293 g/mol. The molecule has 1 aromatic rings. The molecule has 2 N–H and O–H groups in total. The third-order valence-electron chi connectivity index (χ3n) is 3.64. The van der Waals surface area contributed by atoms with Crippen LogP contribution in [0.4, 0.5) is 5.82 Å². The molecule has 0 saturated carbocycles. The topological polar surface area (TPSA) is 74.7 Å². The first kappa shape index (κ1) is 15.7. The average molecular weight is 293 g/mol. The normalized spacial score (nSPS) is 18.9. The van der Waals surface area contributed by atoms with E-state index in [1.807, 2.05) is 19.9 Å². The Balaban J connectivity index is 2.31. The largest absolute Gasteiger partial charge is 0.394 e. The van der Waals surface area contributed by atoms with Crippen LogP contribution in [0.25, 0.3) is 0 Å².